The molecule has 2 aliphatic heterocycles. The second-order valence-electron chi connectivity index (χ2n) is 5.26. The molecule has 19 heavy (non-hydrogen) atoms. The Morgan fingerprint density at radius 1 is 1.68 bits per heavy atom. The van der Waals surface area contributed by atoms with Gasteiger partial charge in [-0.3, -0.25) is 0 Å². The van der Waals surface area contributed by atoms with Crippen LogP contribution < -0.4 is 0 Å². The zero-order chi connectivity index (χ0) is 13.6. The molecular formula is C13H16ClNO3S. The predicted molar refractivity (Wildman–Crippen MR) is 74.1 cm³/mol. The van der Waals surface area contributed by atoms with Crippen LogP contribution in [0.3, 0.4) is 0 Å². The van der Waals surface area contributed by atoms with E-state index < -0.39 is 6.09 Å². The summed E-state index contributed by atoms with van der Waals surface area (Å²) in [5.41, 5.74) is 0.855. The van der Waals surface area contributed by atoms with Crippen molar-refractivity contribution in [3.63, 3.8) is 0 Å². The molecule has 0 bridgehead atoms. The third-order valence-corrected chi connectivity index (χ3v) is 5.46. The van der Waals surface area contributed by atoms with Crippen LogP contribution in [0.4, 0.5) is 4.79 Å². The average molecular weight is 302 g/mol. The Hall–Kier alpha value is -0.780. The number of thiophene rings is 1. The first kappa shape index (κ1) is 13.2. The quantitative estimate of drug-likeness (QED) is 0.799. The number of carbonyl (C=O) groups is 1. The number of nitrogens with zero attached hydrogens (tertiary/aromatic N) is 1. The van der Waals surface area contributed by atoms with Gasteiger partial charge in [-0.15, -0.1) is 11.3 Å². The number of hydrogen-bond donors (Lipinski definition) is 1. The maximum Gasteiger partial charge on any atom is 0.407 e. The van der Waals surface area contributed by atoms with Gasteiger partial charge in [0.1, 0.15) is 0 Å². The summed E-state index contributed by atoms with van der Waals surface area (Å²) in [7, 11) is 0. The Morgan fingerprint density at radius 2 is 2.47 bits per heavy atom. The Labute approximate surface area is 120 Å². The van der Waals surface area contributed by atoms with Crippen molar-refractivity contribution in [1.29, 1.82) is 0 Å². The summed E-state index contributed by atoms with van der Waals surface area (Å²) in [5, 5.41) is 9.16. The molecule has 3 heterocycles. The topological polar surface area (TPSA) is 49.8 Å². The minimum absolute atomic E-state index is 0.0316. The Kier molecular flexibility index (Phi) is 3.23. The summed E-state index contributed by atoms with van der Waals surface area (Å²) in [6.07, 6.45) is 1.48. The van der Waals surface area contributed by atoms with Crippen LogP contribution in [0.15, 0.2) is 6.07 Å². The number of likely N-dealkylation sites (tertiary alicyclic amines) is 1. The number of fused-ring (bicyclic) bond motifs is 2. The molecule has 3 rings (SSSR count). The van der Waals surface area contributed by atoms with Crippen LogP contribution >= 0.6 is 22.9 Å². The van der Waals surface area contributed by atoms with Crippen LogP contribution in [0.2, 0.25) is 4.34 Å². The van der Waals surface area contributed by atoms with Gasteiger partial charge in [-0.2, -0.15) is 0 Å². The number of rotatable bonds is 0. The van der Waals surface area contributed by atoms with Crippen LogP contribution in [0.5, 0.6) is 0 Å². The lowest BCUT2D eigenvalue weighted by Gasteiger charge is -2.46. The minimum atomic E-state index is -0.846. The van der Waals surface area contributed by atoms with Gasteiger partial charge in [-0.05, 0) is 25.0 Å². The monoisotopic (exact) mass is 301 g/mol. The number of hydrogen-bond acceptors (Lipinski definition) is 3. The molecule has 0 saturated carbocycles. The fraction of sp³-hybridized carbons (Fsp3) is 0.615. The number of ether oxygens (including phenoxy) is 1. The lowest BCUT2D eigenvalue weighted by atomic mass is 9.79. The standard InChI is InChI=1S/C13H16ClNO3S/c1-8-7-13(3-4-15(8)12(16)17)9-6-11(14)19-10(9)2-5-18-13/h6,8H,2-5,7H2,1H3,(H,16,17)/t8-,13?/m0/s1. The molecule has 1 unspecified atom stereocenters. The Balaban J connectivity index is 1.92. The molecule has 1 spiro atoms. The molecule has 1 fully saturated rings. The second kappa shape index (κ2) is 4.65. The van der Waals surface area contributed by atoms with E-state index in [1.165, 1.54) is 15.3 Å². The number of piperidine rings is 1. The van der Waals surface area contributed by atoms with E-state index in [1.54, 1.807) is 11.3 Å². The lowest BCUT2D eigenvalue weighted by Crippen LogP contribution is -2.52. The van der Waals surface area contributed by atoms with Gasteiger partial charge in [0.15, 0.2) is 0 Å². The van der Waals surface area contributed by atoms with Crippen molar-refractivity contribution < 1.29 is 14.6 Å². The van der Waals surface area contributed by atoms with Gasteiger partial charge < -0.3 is 14.7 Å². The zero-order valence-electron chi connectivity index (χ0n) is 10.7. The largest absolute Gasteiger partial charge is 0.465 e. The molecule has 1 saturated heterocycles. The summed E-state index contributed by atoms with van der Waals surface area (Å²) in [6.45, 7) is 3.16. The van der Waals surface area contributed by atoms with Crippen molar-refractivity contribution in [2.45, 2.75) is 37.8 Å². The maximum atomic E-state index is 11.2. The average Bonchev–Trinajstić information content (AvgIpc) is 2.71. The van der Waals surface area contributed by atoms with E-state index in [2.05, 4.69) is 0 Å². The molecule has 2 atom stereocenters. The van der Waals surface area contributed by atoms with Gasteiger partial charge in [0.25, 0.3) is 0 Å². The zero-order valence-corrected chi connectivity index (χ0v) is 12.3. The SMILES string of the molecule is C[C@H]1CC2(CCN1C(=O)O)OCCc1sc(Cl)cc12. The maximum absolute atomic E-state index is 11.2. The highest BCUT2D eigenvalue weighted by atomic mass is 35.5. The van der Waals surface area contributed by atoms with E-state index in [4.69, 9.17) is 21.4 Å². The van der Waals surface area contributed by atoms with Gasteiger partial charge in [0, 0.05) is 30.3 Å². The van der Waals surface area contributed by atoms with E-state index >= 15 is 0 Å². The van der Waals surface area contributed by atoms with Gasteiger partial charge in [-0.1, -0.05) is 11.6 Å². The Bertz CT molecular complexity index is 518. The molecule has 0 radical (unpaired) electrons. The first-order valence-electron chi connectivity index (χ1n) is 6.44. The van der Waals surface area contributed by atoms with Crippen LogP contribution in [0.25, 0.3) is 0 Å². The molecule has 1 aromatic heterocycles. The molecule has 6 heteroatoms. The first-order chi connectivity index (χ1) is 9.02. The third-order valence-electron chi connectivity index (χ3n) is 4.14. The molecule has 2 aliphatic rings. The Morgan fingerprint density at radius 3 is 3.16 bits per heavy atom. The first-order valence-corrected chi connectivity index (χ1v) is 7.63. The smallest absolute Gasteiger partial charge is 0.407 e. The highest BCUT2D eigenvalue weighted by molar-refractivity contribution is 7.16. The van der Waals surface area contributed by atoms with Crippen molar-refractivity contribution in [1.82, 2.24) is 4.90 Å². The van der Waals surface area contributed by atoms with E-state index in [0.717, 1.165) is 10.8 Å². The van der Waals surface area contributed by atoms with Gasteiger partial charge in [-0.25, -0.2) is 4.79 Å². The van der Waals surface area contributed by atoms with Gasteiger partial charge in [0.05, 0.1) is 16.5 Å². The van der Waals surface area contributed by atoms with Crippen molar-refractivity contribution in [2.24, 2.45) is 0 Å². The van der Waals surface area contributed by atoms with Crippen molar-refractivity contribution in [2.75, 3.05) is 13.2 Å². The van der Waals surface area contributed by atoms with E-state index in [0.29, 0.717) is 26.0 Å². The van der Waals surface area contributed by atoms with Crippen molar-refractivity contribution in [3.05, 3.63) is 20.8 Å². The summed E-state index contributed by atoms with van der Waals surface area (Å²) >= 11 is 7.75. The summed E-state index contributed by atoms with van der Waals surface area (Å²) in [6, 6.07) is 1.97. The predicted octanol–water partition coefficient (Wildman–Crippen LogP) is 3.33. The summed E-state index contributed by atoms with van der Waals surface area (Å²) in [4.78, 5) is 13.9. The normalized spacial score (nSPS) is 30.4. The molecular weight excluding hydrogens is 286 g/mol. The van der Waals surface area contributed by atoms with E-state index in [-0.39, 0.29) is 11.6 Å². The van der Waals surface area contributed by atoms with Gasteiger partial charge in [0.2, 0.25) is 0 Å². The highest BCUT2D eigenvalue weighted by Crippen LogP contribution is 2.46. The molecule has 0 aromatic carbocycles. The van der Waals surface area contributed by atoms with Crippen LogP contribution in [0, 0.1) is 0 Å². The minimum Gasteiger partial charge on any atom is -0.465 e. The molecule has 1 aromatic rings. The third kappa shape index (κ3) is 2.14. The summed E-state index contributed by atoms with van der Waals surface area (Å²) in [5.74, 6) is 0. The molecule has 1 amide bonds. The molecule has 1 N–H and O–H groups in total. The van der Waals surface area contributed by atoms with Crippen molar-refractivity contribution in [3.8, 4) is 0 Å². The number of carboxylic acid groups (broad SMARTS) is 1. The molecule has 104 valence electrons. The fourth-order valence-electron chi connectivity index (χ4n) is 3.26. The molecule has 0 aliphatic carbocycles. The highest BCUT2D eigenvalue weighted by Gasteiger charge is 2.45. The fourth-order valence-corrected chi connectivity index (χ4v) is 4.60. The van der Waals surface area contributed by atoms with Crippen LogP contribution in [-0.2, 0) is 16.8 Å². The van der Waals surface area contributed by atoms with Crippen molar-refractivity contribution >= 4 is 29.0 Å². The van der Waals surface area contributed by atoms with E-state index in [9.17, 15) is 4.79 Å². The van der Waals surface area contributed by atoms with Crippen LogP contribution in [-0.4, -0.2) is 35.3 Å². The van der Waals surface area contributed by atoms with Crippen LogP contribution in [0.1, 0.15) is 30.2 Å². The summed E-state index contributed by atoms with van der Waals surface area (Å²) < 4.78 is 6.87. The number of halogens is 1. The van der Waals surface area contributed by atoms with E-state index in [1.807, 2.05) is 13.0 Å². The number of amides is 1. The molecule has 4 nitrogen and oxygen atoms in total. The van der Waals surface area contributed by atoms with Gasteiger partial charge >= 0.3 is 6.09 Å². The second-order valence-corrected chi connectivity index (χ2v) is 7.03. The lowest BCUT2D eigenvalue weighted by molar-refractivity contribution is -0.106.